The minimum Gasteiger partial charge on any atom is -0.376 e. The Balaban J connectivity index is 1.52. The van der Waals surface area contributed by atoms with Gasteiger partial charge in [0, 0.05) is 28.8 Å². The van der Waals surface area contributed by atoms with E-state index in [1.807, 2.05) is 6.07 Å². The van der Waals surface area contributed by atoms with Gasteiger partial charge < -0.3 is 4.74 Å². The molecule has 1 aliphatic rings. The van der Waals surface area contributed by atoms with Crippen LogP contribution in [0.5, 0.6) is 0 Å². The number of hydrogen-bond donors (Lipinski definition) is 0. The fourth-order valence-electron chi connectivity index (χ4n) is 3.41. The van der Waals surface area contributed by atoms with Gasteiger partial charge in [0.15, 0.2) is 0 Å². The molecule has 6 heteroatoms. The number of fused-ring (bicyclic) bond motifs is 1. The number of alkyl halides is 3. The van der Waals surface area contributed by atoms with Gasteiger partial charge in [0.1, 0.15) is 0 Å². The van der Waals surface area contributed by atoms with Crippen molar-refractivity contribution in [2.45, 2.75) is 56.7 Å². The highest BCUT2D eigenvalue weighted by atomic mass is 32.2. The summed E-state index contributed by atoms with van der Waals surface area (Å²) in [5, 5.41) is 0.796. The van der Waals surface area contributed by atoms with Gasteiger partial charge in [-0.1, -0.05) is 6.07 Å². The van der Waals surface area contributed by atoms with Crippen molar-refractivity contribution in [3.8, 4) is 0 Å². The van der Waals surface area contributed by atoms with Gasteiger partial charge in [-0.25, -0.2) is 0 Å². The summed E-state index contributed by atoms with van der Waals surface area (Å²) in [5.41, 5.74) is -0.322. The van der Waals surface area contributed by atoms with Crippen molar-refractivity contribution >= 4 is 22.7 Å². The average molecular weight is 398 g/mol. The van der Waals surface area contributed by atoms with Gasteiger partial charge in [0.2, 0.25) is 0 Å². The molecule has 1 fully saturated rings. The second kappa shape index (κ2) is 8.00. The van der Waals surface area contributed by atoms with Gasteiger partial charge in [0.25, 0.3) is 0 Å². The molecule has 0 saturated heterocycles. The number of halogens is 3. The van der Waals surface area contributed by atoms with Gasteiger partial charge in [0.05, 0.1) is 16.7 Å². The van der Waals surface area contributed by atoms with Crippen molar-refractivity contribution in [3.63, 3.8) is 0 Å². The van der Waals surface area contributed by atoms with Crippen LogP contribution in [0.3, 0.4) is 0 Å². The first-order chi connectivity index (χ1) is 12.6. The highest BCUT2D eigenvalue weighted by Gasteiger charge is 2.31. The smallest absolute Gasteiger partial charge is 0.376 e. The molecule has 0 bridgehead atoms. The van der Waals surface area contributed by atoms with Crippen LogP contribution in [0, 0.1) is 11.8 Å². The molecular weight excluding hydrogens is 371 g/mol. The van der Waals surface area contributed by atoms with Crippen LogP contribution < -0.4 is 0 Å². The van der Waals surface area contributed by atoms with Gasteiger partial charge in [-0.2, -0.15) is 13.2 Å². The van der Waals surface area contributed by atoms with Crippen molar-refractivity contribution in [2.75, 3.05) is 12.4 Å². The Morgan fingerprint density at radius 3 is 2.52 bits per heavy atom. The standard InChI is InChI=1S/C21H26F3NOS/c1-20(2,3)26-9-7-14-10-15(11-14)13-27-19-6-8-25-18-12-16(21(22,23)24)4-5-17(18)19/h4-6,8,12,14-15H,7,9-11,13H2,1-3H3. The summed E-state index contributed by atoms with van der Waals surface area (Å²) in [4.78, 5) is 5.12. The molecule has 0 spiro atoms. The number of ether oxygens (including phenoxy) is 1. The van der Waals surface area contributed by atoms with E-state index in [0.29, 0.717) is 11.4 Å². The van der Waals surface area contributed by atoms with E-state index in [9.17, 15) is 13.2 Å². The number of aromatic nitrogens is 1. The minimum absolute atomic E-state index is 0.0760. The summed E-state index contributed by atoms with van der Waals surface area (Å²) in [5.74, 6) is 2.41. The van der Waals surface area contributed by atoms with E-state index in [4.69, 9.17) is 4.74 Å². The molecule has 1 aromatic heterocycles. The maximum absolute atomic E-state index is 12.9. The van der Waals surface area contributed by atoms with E-state index < -0.39 is 11.7 Å². The lowest BCUT2D eigenvalue weighted by molar-refractivity contribution is -0.137. The lowest BCUT2D eigenvalue weighted by Crippen LogP contribution is -2.28. The number of nitrogens with zero attached hydrogens (tertiary/aromatic N) is 1. The van der Waals surface area contributed by atoms with E-state index in [1.165, 1.54) is 12.8 Å². The van der Waals surface area contributed by atoms with E-state index in [-0.39, 0.29) is 5.60 Å². The van der Waals surface area contributed by atoms with Crippen LogP contribution in [0.1, 0.15) is 45.6 Å². The second-order valence-corrected chi connectivity index (χ2v) is 9.36. The Kier molecular flexibility index (Phi) is 6.06. The second-order valence-electron chi connectivity index (χ2n) is 8.30. The third-order valence-electron chi connectivity index (χ3n) is 4.90. The minimum atomic E-state index is -4.34. The molecule has 1 saturated carbocycles. The highest BCUT2D eigenvalue weighted by Crippen LogP contribution is 2.41. The molecule has 2 nitrogen and oxygen atoms in total. The SMILES string of the molecule is CC(C)(C)OCCC1CC(CSc2ccnc3cc(C(F)(F)F)ccc23)C1. The van der Waals surface area contributed by atoms with Crippen LogP contribution in [0.2, 0.25) is 0 Å². The van der Waals surface area contributed by atoms with E-state index in [1.54, 1.807) is 24.0 Å². The fourth-order valence-corrected chi connectivity index (χ4v) is 4.58. The molecule has 0 atom stereocenters. The molecule has 0 unspecified atom stereocenters. The maximum Gasteiger partial charge on any atom is 0.416 e. The summed E-state index contributed by atoms with van der Waals surface area (Å²) >= 11 is 1.72. The summed E-state index contributed by atoms with van der Waals surface area (Å²) in [6.45, 7) is 7.03. The van der Waals surface area contributed by atoms with Crippen LogP contribution in [-0.2, 0) is 10.9 Å². The molecule has 27 heavy (non-hydrogen) atoms. The van der Waals surface area contributed by atoms with Crippen molar-refractivity contribution < 1.29 is 17.9 Å². The normalized spacial score (nSPS) is 20.7. The molecular formula is C21H26F3NOS. The average Bonchev–Trinajstić information content (AvgIpc) is 2.53. The molecule has 148 valence electrons. The monoisotopic (exact) mass is 397 g/mol. The Bertz CT molecular complexity index is 779. The van der Waals surface area contributed by atoms with E-state index >= 15 is 0 Å². The van der Waals surface area contributed by atoms with Gasteiger partial charge in [-0.05, 0) is 70.1 Å². The van der Waals surface area contributed by atoms with Crippen LogP contribution in [-0.4, -0.2) is 22.9 Å². The summed E-state index contributed by atoms with van der Waals surface area (Å²) in [6, 6.07) is 5.71. The number of hydrogen-bond acceptors (Lipinski definition) is 3. The summed E-state index contributed by atoms with van der Waals surface area (Å²) < 4.78 is 44.4. The lowest BCUT2D eigenvalue weighted by atomic mass is 9.74. The summed E-state index contributed by atoms with van der Waals surface area (Å²) in [6.07, 6.45) is 0.787. The molecule has 0 N–H and O–H groups in total. The maximum atomic E-state index is 12.9. The first-order valence-corrected chi connectivity index (χ1v) is 10.3. The van der Waals surface area contributed by atoms with Gasteiger partial charge in [-0.3, -0.25) is 4.98 Å². The first-order valence-electron chi connectivity index (χ1n) is 9.34. The van der Waals surface area contributed by atoms with Crippen molar-refractivity contribution in [3.05, 3.63) is 36.0 Å². The fraction of sp³-hybridized carbons (Fsp3) is 0.571. The molecule has 1 aliphatic carbocycles. The van der Waals surface area contributed by atoms with Crippen molar-refractivity contribution in [1.82, 2.24) is 4.98 Å². The number of pyridine rings is 1. The Labute approximate surface area is 162 Å². The van der Waals surface area contributed by atoms with Gasteiger partial charge >= 0.3 is 6.18 Å². The quantitative estimate of drug-likeness (QED) is 0.514. The van der Waals surface area contributed by atoms with Crippen LogP contribution in [0.15, 0.2) is 35.4 Å². The molecule has 0 aliphatic heterocycles. The Morgan fingerprint density at radius 2 is 1.85 bits per heavy atom. The number of benzene rings is 1. The van der Waals surface area contributed by atoms with Gasteiger partial charge in [-0.15, -0.1) is 11.8 Å². The molecule has 3 rings (SSSR count). The zero-order valence-electron chi connectivity index (χ0n) is 16.0. The third-order valence-corrected chi connectivity index (χ3v) is 6.20. The zero-order chi connectivity index (χ0) is 19.7. The Hall–Kier alpha value is -1.27. The molecule has 1 aromatic carbocycles. The van der Waals surface area contributed by atoms with Crippen molar-refractivity contribution in [1.29, 1.82) is 0 Å². The Morgan fingerprint density at radius 1 is 1.11 bits per heavy atom. The van der Waals surface area contributed by atoms with Crippen molar-refractivity contribution in [2.24, 2.45) is 11.8 Å². The molecule has 0 amide bonds. The molecule has 1 heterocycles. The van der Waals surface area contributed by atoms with E-state index in [0.717, 1.165) is 47.1 Å². The zero-order valence-corrected chi connectivity index (χ0v) is 16.8. The first kappa shape index (κ1) is 20.5. The molecule has 0 radical (unpaired) electrons. The lowest BCUT2D eigenvalue weighted by Gasteiger charge is -2.36. The predicted molar refractivity (Wildman–Crippen MR) is 104 cm³/mol. The van der Waals surface area contributed by atoms with Crippen LogP contribution in [0.25, 0.3) is 10.9 Å². The third kappa shape index (κ3) is 5.61. The topological polar surface area (TPSA) is 22.1 Å². The van der Waals surface area contributed by atoms with E-state index in [2.05, 4.69) is 25.8 Å². The van der Waals surface area contributed by atoms with Crippen LogP contribution in [0.4, 0.5) is 13.2 Å². The largest absolute Gasteiger partial charge is 0.416 e. The predicted octanol–water partition coefficient (Wildman–Crippen LogP) is 6.58. The molecule has 2 aromatic rings. The summed E-state index contributed by atoms with van der Waals surface area (Å²) in [7, 11) is 0. The van der Waals surface area contributed by atoms with Crippen LogP contribution >= 0.6 is 11.8 Å². The highest BCUT2D eigenvalue weighted by molar-refractivity contribution is 7.99. The number of rotatable bonds is 6. The number of thioether (sulfide) groups is 1.